The minimum absolute atomic E-state index is 0. The maximum absolute atomic E-state index is 12.4. The Bertz CT molecular complexity index is 167. The predicted molar refractivity (Wildman–Crippen MR) is 48.1 cm³/mol. The number of alkyl halides is 3. The first-order valence-electron chi connectivity index (χ1n) is 4.11. The van der Waals surface area contributed by atoms with Crippen LogP contribution in [0.5, 0.6) is 0 Å². The molecule has 13 heavy (non-hydrogen) atoms. The summed E-state index contributed by atoms with van der Waals surface area (Å²) in [5, 5.41) is 2.98. The second kappa shape index (κ2) is 4.05. The summed E-state index contributed by atoms with van der Waals surface area (Å²) in [5.41, 5.74) is -0.656. The quantitative estimate of drug-likeness (QED) is 0.658. The molecule has 0 aromatic rings. The molecule has 1 aliphatic heterocycles. The molecule has 0 amide bonds. The van der Waals surface area contributed by atoms with E-state index in [1.165, 1.54) is 0 Å². The molecule has 1 saturated heterocycles. The smallest absolute Gasteiger partial charge is 0.316 e. The van der Waals surface area contributed by atoms with E-state index < -0.39 is 17.5 Å². The van der Waals surface area contributed by atoms with Crippen LogP contribution in [0.1, 0.15) is 20.3 Å². The third-order valence-electron chi connectivity index (χ3n) is 2.53. The highest BCUT2D eigenvalue weighted by atomic mass is 35.5. The molecule has 1 N–H and O–H groups in total. The lowest BCUT2D eigenvalue weighted by Crippen LogP contribution is -2.48. The predicted octanol–water partition coefficient (Wildman–Crippen LogP) is 2.61. The van der Waals surface area contributed by atoms with Gasteiger partial charge in [-0.2, -0.15) is 13.2 Å². The first-order valence-corrected chi connectivity index (χ1v) is 4.11. The van der Waals surface area contributed by atoms with Crippen molar-refractivity contribution in [2.75, 3.05) is 13.1 Å². The Hall–Kier alpha value is 0.0400. The molecule has 1 aliphatic rings. The fourth-order valence-electron chi connectivity index (χ4n) is 1.78. The number of hydrogen-bond donors (Lipinski definition) is 1. The average molecular weight is 218 g/mol. The minimum Gasteiger partial charge on any atom is -0.316 e. The average Bonchev–Trinajstić information content (AvgIpc) is 1.83. The maximum Gasteiger partial charge on any atom is 0.392 e. The Balaban J connectivity index is 0.00000144. The van der Waals surface area contributed by atoms with Crippen molar-refractivity contribution >= 4 is 12.4 Å². The Morgan fingerprint density at radius 3 is 2.15 bits per heavy atom. The molecule has 0 saturated carbocycles. The van der Waals surface area contributed by atoms with Gasteiger partial charge in [0.05, 0.1) is 5.92 Å². The molecule has 1 unspecified atom stereocenters. The zero-order valence-electron chi connectivity index (χ0n) is 7.74. The molecule has 5 heteroatoms. The van der Waals surface area contributed by atoms with Gasteiger partial charge in [0.25, 0.3) is 0 Å². The molecule has 1 fully saturated rings. The summed E-state index contributed by atoms with van der Waals surface area (Å²) in [6.45, 7) is 4.26. The Labute approximate surface area is 82.5 Å². The van der Waals surface area contributed by atoms with Gasteiger partial charge in [0, 0.05) is 6.54 Å². The molecule has 0 aliphatic carbocycles. The number of nitrogens with one attached hydrogen (secondary N) is 1. The van der Waals surface area contributed by atoms with Crippen LogP contribution in [0, 0.1) is 11.3 Å². The van der Waals surface area contributed by atoms with E-state index in [0.29, 0.717) is 13.1 Å². The molecule has 0 aromatic heterocycles. The Kier molecular flexibility index (Phi) is 4.06. The highest BCUT2D eigenvalue weighted by Crippen LogP contribution is 2.42. The molecule has 1 nitrogen and oxygen atoms in total. The van der Waals surface area contributed by atoms with Crippen molar-refractivity contribution < 1.29 is 13.2 Å². The molecule has 1 rings (SSSR count). The molecule has 1 atom stereocenters. The van der Waals surface area contributed by atoms with E-state index in [9.17, 15) is 13.2 Å². The van der Waals surface area contributed by atoms with Gasteiger partial charge in [0.2, 0.25) is 0 Å². The van der Waals surface area contributed by atoms with Crippen LogP contribution in [0.25, 0.3) is 0 Å². The molecule has 80 valence electrons. The van der Waals surface area contributed by atoms with Crippen LogP contribution in [0.3, 0.4) is 0 Å². The fraction of sp³-hybridized carbons (Fsp3) is 1.00. The van der Waals surface area contributed by atoms with Crippen LogP contribution in [0.4, 0.5) is 13.2 Å². The third-order valence-corrected chi connectivity index (χ3v) is 2.53. The second-order valence-electron chi connectivity index (χ2n) is 4.05. The number of rotatable bonds is 0. The molecule has 0 radical (unpaired) electrons. The number of halogens is 4. The molecule has 0 spiro atoms. The van der Waals surface area contributed by atoms with Gasteiger partial charge < -0.3 is 5.32 Å². The van der Waals surface area contributed by atoms with Gasteiger partial charge in [-0.15, -0.1) is 12.4 Å². The minimum atomic E-state index is -4.04. The van der Waals surface area contributed by atoms with Crippen LogP contribution in [0.15, 0.2) is 0 Å². The summed E-state index contributed by atoms with van der Waals surface area (Å²) >= 11 is 0. The first-order chi connectivity index (χ1) is 5.34. The lowest BCUT2D eigenvalue weighted by molar-refractivity contribution is -0.208. The Morgan fingerprint density at radius 2 is 1.85 bits per heavy atom. The van der Waals surface area contributed by atoms with Crippen LogP contribution in [-0.2, 0) is 0 Å². The van der Waals surface area contributed by atoms with Gasteiger partial charge in [0.15, 0.2) is 0 Å². The van der Waals surface area contributed by atoms with Crippen molar-refractivity contribution in [1.82, 2.24) is 5.32 Å². The lowest BCUT2D eigenvalue weighted by atomic mass is 9.74. The fourth-order valence-corrected chi connectivity index (χ4v) is 1.78. The van der Waals surface area contributed by atoms with Crippen molar-refractivity contribution in [3.8, 4) is 0 Å². The van der Waals surface area contributed by atoms with Gasteiger partial charge in [-0.05, 0) is 18.4 Å². The molecule has 0 aromatic carbocycles. The zero-order valence-corrected chi connectivity index (χ0v) is 8.56. The van der Waals surface area contributed by atoms with E-state index in [4.69, 9.17) is 0 Å². The van der Waals surface area contributed by atoms with Gasteiger partial charge in [0.1, 0.15) is 0 Å². The van der Waals surface area contributed by atoms with E-state index in [2.05, 4.69) is 5.32 Å². The second-order valence-corrected chi connectivity index (χ2v) is 4.05. The summed E-state index contributed by atoms with van der Waals surface area (Å²) in [7, 11) is 0. The third kappa shape index (κ3) is 3.02. The van der Waals surface area contributed by atoms with Crippen LogP contribution < -0.4 is 5.32 Å². The zero-order chi connectivity index (χ0) is 9.41. The molecular formula is C8H15ClF3N. The van der Waals surface area contributed by atoms with E-state index >= 15 is 0 Å². The summed E-state index contributed by atoms with van der Waals surface area (Å²) in [6.07, 6.45) is -3.83. The van der Waals surface area contributed by atoms with Crippen LogP contribution in [0.2, 0.25) is 0 Å². The number of hydrogen-bond acceptors (Lipinski definition) is 1. The van der Waals surface area contributed by atoms with Crippen molar-refractivity contribution in [2.24, 2.45) is 11.3 Å². The van der Waals surface area contributed by atoms with E-state index in [1.807, 2.05) is 0 Å². The van der Waals surface area contributed by atoms with Crippen molar-refractivity contribution in [2.45, 2.75) is 26.4 Å². The largest absolute Gasteiger partial charge is 0.392 e. The van der Waals surface area contributed by atoms with E-state index in [0.717, 1.165) is 0 Å². The van der Waals surface area contributed by atoms with Crippen molar-refractivity contribution in [3.05, 3.63) is 0 Å². The van der Waals surface area contributed by atoms with Gasteiger partial charge in [-0.1, -0.05) is 13.8 Å². The van der Waals surface area contributed by atoms with Crippen LogP contribution >= 0.6 is 12.4 Å². The first kappa shape index (κ1) is 13.0. The lowest BCUT2D eigenvalue weighted by Gasteiger charge is -2.39. The molecule has 0 bridgehead atoms. The summed E-state index contributed by atoms with van der Waals surface area (Å²) in [4.78, 5) is 0. The topological polar surface area (TPSA) is 12.0 Å². The summed E-state index contributed by atoms with van der Waals surface area (Å²) < 4.78 is 37.2. The van der Waals surface area contributed by atoms with E-state index in [1.54, 1.807) is 13.8 Å². The monoisotopic (exact) mass is 217 g/mol. The summed E-state index contributed by atoms with van der Waals surface area (Å²) in [6, 6.07) is 0. The van der Waals surface area contributed by atoms with Crippen LogP contribution in [-0.4, -0.2) is 19.3 Å². The van der Waals surface area contributed by atoms with Gasteiger partial charge in [-0.3, -0.25) is 0 Å². The maximum atomic E-state index is 12.4. The van der Waals surface area contributed by atoms with Gasteiger partial charge in [-0.25, -0.2) is 0 Å². The molecular weight excluding hydrogens is 203 g/mol. The standard InChI is InChI=1S/C8H14F3N.ClH/c1-7(2)5-12-4-3-6(7)8(9,10)11;/h6,12H,3-5H2,1-2H3;1H. The van der Waals surface area contributed by atoms with Crippen molar-refractivity contribution in [1.29, 1.82) is 0 Å². The van der Waals surface area contributed by atoms with Crippen molar-refractivity contribution in [3.63, 3.8) is 0 Å². The SMILES string of the molecule is CC1(C)CNCCC1C(F)(F)F.Cl. The number of piperidine rings is 1. The van der Waals surface area contributed by atoms with Gasteiger partial charge >= 0.3 is 6.18 Å². The normalized spacial score (nSPS) is 27.9. The highest BCUT2D eigenvalue weighted by Gasteiger charge is 2.49. The Morgan fingerprint density at radius 1 is 1.31 bits per heavy atom. The van der Waals surface area contributed by atoms with E-state index in [-0.39, 0.29) is 18.8 Å². The summed E-state index contributed by atoms with van der Waals surface area (Å²) in [5.74, 6) is -1.15. The highest BCUT2D eigenvalue weighted by molar-refractivity contribution is 5.85. The molecule has 1 heterocycles.